The van der Waals surface area contributed by atoms with Gasteiger partial charge in [-0.25, -0.2) is 4.79 Å². The maximum Gasteiger partial charge on any atom is 0.338 e. The highest BCUT2D eigenvalue weighted by molar-refractivity contribution is 9.10. The first kappa shape index (κ1) is 18.5. The summed E-state index contributed by atoms with van der Waals surface area (Å²) in [6, 6.07) is 14.8. The zero-order valence-corrected chi connectivity index (χ0v) is 16.2. The lowest BCUT2D eigenvalue weighted by atomic mass is 10.1. The third-order valence-corrected chi connectivity index (χ3v) is 5.02. The molecule has 0 saturated carbocycles. The van der Waals surface area contributed by atoms with Gasteiger partial charge in [-0.3, -0.25) is 4.79 Å². The van der Waals surface area contributed by atoms with Gasteiger partial charge in [-0.2, -0.15) is 0 Å². The van der Waals surface area contributed by atoms with Crippen LogP contribution in [0.15, 0.2) is 53.0 Å². The monoisotopic (exact) mass is 416 g/mol. The topological polar surface area (TPSA) is 49.9 Å². The zero-order valence-electron chi connectivity index (χ0n) is 14.7. The van der Waals surface area contributed by atoms with Crippen molar-refractivity contribution in [3.05, 3.63) is 64.1 Å². The van der Waals surface area contributed by atoms with Crippen LogP contribution in [0.3, 0.4) is 0 Å². The fraction of sp³-hybridized carbons (Fsp3) is 0.300. The van der Waals surface area contributed by atoms with Gasteiger partial charge in [-0.1, -0.05) is 18.2 Å². The number of anilines is 1. The average Bonchev–Trinajstić information content (AvgIpc) is 2.68. The molecule has 0 unspecified atom stereocenters. The van der Waals surface area contributed by atoms with Crippen LogP contribution < -0.4 is 4.90 Å². The Labute approximate surface area is 161 Å². The van der Waals surface area contributed by atoms with Gasteiger partial charge >= 0.3 is 5.97 Å². The van der Waals surface area contributed by atoms with E-state index in [-0.39, 0.29) is 11.9 Å². The summed E-state index contributed by atoms with van der Waals surface area (Å²) < 4.78 is 5.89. The first-order valence-electron chi connectivity index (χ1n) is 8.66. The molecule has 0 N–H and O–H groups in total. The SMILES string of the molecule is CCOC(=O)c1ccc(N2CCN(C(=O)c3ccccc3)CC2)c(Br)c1. The molecule has 1 saturated heterocycles. The Morgan fingerprint density at radius 2 is 1.69 bits per heavy atom. The van der Waals surface area contributed by atoms with Crippen molar-refractivity contribution in [1.82, 2.24) is 4.90 Å². The molecule has 0 aliphatic carbocycles. The number of benzene rings is 2. The van der Waals surface area contributed by atoms with E-state index in [1.165, 1.54) is 0 Å². The summed E-state index contributed by atoms with van der Waals surface area (Å²) >= 11 is 3.55. The molecular weight excluding hydrogens is 396 g/mol. The first-order chi connectivity index (χ1) is 12.6. The van der Waals surface area contributed by atoms with Crippen LogP contribution in [0.2, 0.25) is 0 Å². The number of hydrogen-bond acceptors (Lipinski definition) is 4. The molecule has 5 nitrogen and oxygen atoms in total. The van der Waals surface area contributed by atoms with E-state index >= 15 is 0 Å². The minimum Gasteiger partial charge on any atom is -0.462 e. The van der Waals surface area contributed by atoms with Crippen molar-refractivity contribution in [2.45, 2.75) is 6.92 Å². The van der Waals surface area contributed by atoms with Gasteiger partial charge in [-0.15, -0.1) is 0 Å². The van der Waals surface area contributed by atoms with E-state index in [0.717, 1.165) is 28.8 Å². The molecule has 6 heteroatoms. The predicted octanol–water partition coefficient (Wildman–Crippen LogP) is 3.59. The number of hydrogen-bond donors (Lipinski definition) is 0. The number of carbonyl (C=O) groups is 2. The van der Waals surface area contributed by atoms with Gasteiger partial charge in [0.05, 0.1) is 17.9 Å². The van der Waals surface area contributed by atoms with Crippen LogP contribution in [0.1, 0.15) is 27.6 Å². The molecule has 1 heterocycles. The summed E-state index contributed by atoms with van der Waals surface area (Å²) in [5.74, 6) is -0.250. The van der Waals surface area contributed by atoms with Crippen molar-refractivity contribution in [2.75, 3.05) is 37.7 Å². The average molecular weight is 417 g/mol. The molecule has 1 amide bonds. The van der Waals surface area contributed by atoms with Crippen molar-refractivity contribution < 1.29 is 14.3 Å². The van der Waals surface area contributed by atoms with Crippen molar-refractivity contribution in [3.8, 4) is 0 Å². The highest BCUT2D eigenvalue weighted by Crippen LogP contribution is 2.28. The van der Waals surface area contributed by atoms with Crippen LogP contribution >= 0.6 is 15.9 Å². The van der Waals surface area contributed by atoms with Crippen LogP contribution in [-0.4, -0.2) is 49.6 Å². The van der Waals surface area contributed by atoms with Gasteiger partial charge in [0.15, 0.2) is 0 Å². The molecule has 2 aromatic carbocycles. The number of amides is 1. The molecule has 0 spiro atoms. The summed E-state index contributed by atoms with van der Waals surface area (Å²) in [5.41, 5.74) is 2.27. The fourth-order valence-electron chi connectivity index (χ4n) is 3.02. The number of nitrogens with zero attached hydrogens (tertiary/aromatic N) is 2. The van der Waals surface area contributed by atoms with Crippen LogP contribution in [0, 0.1) is 0 Å². The van der Waals surface area contributed by atoms with E-state index in [1.807, 2.05) is 41.3 Å². The highest BCUT2D eigenvalue weighted by Gasteiger charge is 2.23. The lowest BCUT2D eigenvalue weighted by molar-refractivity contribution is 0.0526. The number of carbonyl (C=O) groups excluding carboxylic acids is 2. The van der Waals surface area contributed by atoms with Crippen molar-refractivity contribution in [3.63, 3.8) is 0 Å². The van der Waals surface area contributed by atoms with E-state index < -0.39 is 0 Å². The second kappa shape index (κ2) is 8.36. The highest BCUT2D eigenvalue weighted by atomic mass is 79.9. The van der Waals surface area contributed by atoms with Gasteiger partial charge in [0.2, 0.25) is 0 Å². The third-order valence-electron chi connectivity index (χ3n) is 4.39. The summed E-state index contributed by atoms with van der Waals surface area (Å²) in [4.78, 5) is 28.5. The molecule has 0 radical (unpaired) electrons. The van der Waals surface area contributed by atoms with Crippen molar-refractivity contribution >= 4 is 33.5 Å². The molecule has 0 atom stereocenters. The first-order valence-corrected chi connectivity index (χ1v) is 9.45. The van der Waals surface area contributed by atoms with E-state index in [2.05, 4.69) is 20.8 Å². The van der Waals surface area contributed by atoms with E-state index in [0.29, 0.717) is 25.3 Å². The molecule has 0 aromatic heterocycles. The number of ether oxygens (including phenoxy) is 1. The second-order valence-electron chi connectivity index (χ2n) is 6.03. The molecule has 2 aromatic rings. The molecule has 1 aliphatic rings. The molecule has 26 heavy (non-hydrogen) atoms. The summed E-state index contributed by atoms with van der Waals surface area (Å²) in [7, 11) is 0. The lowest BCUT2D eigenvalue weighted by Crippen LogP contribution is -2.48. The Morgan fingerprint density at radius 1 is 1.00 bits per heavy atom. The Kier molecular flexibility index (Phi) is 5.93. The molecule has 3 rings (SSSR count). The summed E-state index contributed by atoms with van der Waals surface area (Å²) in [6.07, 6.45) is 0. The minimum atomic E-state index is -0.321. The fourth-order valence-corrected chi connectivity index (χ4v) is 3.65. The van der Waals surface area contributed by atoms with Gasteiger partial charge < -0.3 is 14.5 Å². The molecular formula is C20H21BrN2O3. The van der Waals surface area contributed by atoms with Crippen LogP contribution in [0.25, 0.3) is 0 Å². The van der Waals surface area contributed by atoms with Gasteiger partial charge in [0.25, 0.3) is 5.91 Å². The van der Waals surface area contributed by atoms with Crippen molar-refractivity contribution in [2.24, 2.45) is 0 Å². The number of halogens is 1. The minimum absolute atomic E-state index is 0.0713. The third kappa shape index (κ3) is 4.07. The van der Waals surface area contributed by atoms with Gasteiger partial charge in [0, 0.05) is 36.2 Å². The van der Waals surface area contributed by atoms with E-state index in [1.54, 1.807) is 19.1 Å². The quantitative estimate of drug-likeness (QED) is 0.714. The number of rotatable bonds is 4. The Balaban J connectivity index is 1.65. The Morgan fingerprint density at radius 3 is 2.31 bits per heavy atom. The number of piperazine rings is 1. The van der Waals surface area contributed by atoms with E-state index in [4.69, 9.17) is 4.74 Å². The van der Waals surface area contributed by atoms with Crippen LogP contribution in [0.5, 0.6) is 0 Å². The van der Waals surface area contributed by atoms with Crippen LogP contribution in [0.4, 0.5) is 5.69 Å². The molecule has 1 aliphatic heterocycles. The zero-order chi connectivity index (χ0) is 18.5. The standard InChI is InChI=1S/C20H21BrN2O3/c1-2-26-20(25)16-8-9-18(17(21)14-16)22-10-12-23(13-11-22)19(24)15-6-4-3-5-7-15/h3-9,14H,2,10-13H2,1H3. The normalized spacial score (nSPS) is 14.2. The molecule has 1 fully saturated rings. The van der Waals surface area contributed by atoms with Crippen LogP contribution in [-0.2, 0) is 4.74 Å². The van der Waals surface area contributed by atoms with Gasteiger partial charge in [0.1, 0.15) is 0 Å². The largest absolute Gasteiger partial charge is 0.462 e. The summed E-state index contributed by atoms with van der Waals surface area (Å²) in [6.45, 7) is 4.97. The predicted molar refractivity (Wildman–Crippen MR) is 105 cm³/mol. The maximum absolute atomic E-state index is 12.5. The number of esters is 1. The van der Waals surface area contributed by atoms with E-state index in [9.17, 15) is 9.59 Å². The Bertz CT molecular complexity index is 787. The lowest BCUT2D eigenvalue weighted by Gasteiger charge is -2.36. The molecule has 0 bridgehead atoms. The van der Waals surface area contributed by atoms with Gasteiger partial charge in [-0.05, 0) is 53.2 Å². The second-order valence-corrected chi connectivity index (χ2v) is 6.89. The molecule has 136 valence electrons. The Hall–Kier alpha value is -2.34. The summed E-state index contributed by atoms with van der Waals surface area (Å²) in [5, 5.41) is 0. The smallest absolute Gasteiger partial charge is 0.338 e. The van der Waals surface area contributed by atoms with Crippen molar-refractivity contribution in [1.29, 1.82) is 0 Å². The maximum atomic E-state index is 12.5.